The molecule has 1 N–H and O–H groups in total. The zero-order valence-electron chi connectivity index (χ0n) is 15.2. The number of ether oxygens (including phenoxy) is 1. The van der Waals surface area contributed by atoms with Gasteiger partial charge in [-0.05, 0) is 51.2 Å². The number of likely N-dealkylation sites (tertiary alicyclic amines) is 1. The van der Waals surface area contributed by atoms with Crippen molar-refractivity contribution in [1.82, 2.24) is 0 Å². The summed E-state index contributed by atoms with van der Waals surface area (Å²) in [6, 6.07) is 4.42. The molecule has 124 valence electrons. The van der Waals surface area contributed by atoms with Gasteiger partial charge in [0.25, 0.3) is 0 Å². The van der Waals surface area contributed by atoms with Gasteiger partial charge in [0.15, 0.2) is 0 Å². The van der Waals surface area contributed by atoms with Gasteiger partial charge in [-0.15, -0.1) is 0 Å². The molecule has 0 amide bonds. The molecule has 0 bridgehead atoms. The second kappa shape index (κ2) is 8.01. The van der Waals surface area contributed by atoms with E-state index in [9.17, 15) is 0 Å². The van der Waals surface area contributed by atoms with E-state index in [2.05, 4.69) is 46.8 Å². The average Bonchev–Trinajstić information content (AvgIpc) is 2.39. The van der Waals surface area contributed by atoms with E-state index in [1.54, 1.807) is 4.90 Å². The number of rotatable bonds is 6. The van der Waals surface area contributed by atoms with E-state index in [-0.39, 0.29) is 0 Å². The monoisotopic (exact) mass is 304 g/mol. The number of benzene rings is 1. The molecule has 22 heavy (non-hydrogen) atoms. The molecule has 1 fully saturated rings. The van der Waals surface area contributed by atoms with Crippen LogP contribution in [0.3, 0.4) is 0 Å². The highest BCUT2D eigenvalue weighted by Crippen LogP contribution is 2.24. The lowest BCUT2D eigenvalue weighted by molar-refractivity contribution is -0.912. The summed E-state index contributed by atoms with van der Waals surface area (Å²) in [6.45, 7) is 16.1. The highest BCUT2D eigenvalue weighted by molar-refractivity contribution is 5.42. The summed E-state index contributed by atoms with van der Waals surface area (Å²) in [5.74, 6) is 2.89. The van der Waals surface area contributed by atoms with Gasteiger partial charge in [-0.3, -0.25) is 0 Å². The maximum atomic E-state index is 6.04. The number of piperidine rings is 1. The molecular weight excluding hydrogens is 270 g/mol. The van der Waals surface area contributed by atoms with Crippen molar-refractivity contribution in [2.45, 2.75) is 53.9 Å². The molecule has 1 heterocycles. The van der Waals surface area contributed by atoms with Crippen molar-refractivity contribution in [3.05, 3.63) is 28.8 Å². The summed E-state index contributed by atoms with van der Waals surface area (Å²) in [4.78, 5) is 1.80. The Morgan fingerprint density at radius 1 is 1.00 bits per heavy atom. The van der Waals surface area contributed by atoms with Gasteiger partial charge in [-0.1, -0.05) is 31.5 Å². The van der Waals surface area contributed by atoms with Crippen LogP contribution in [-0.4, -0.2) is 26.2 Å². The van der Waals surface area contributed by atoms with E-state index in [4.69, 9.17) is 4.74 Å². The van der Waals surface area contributed by atoms with Gasteiger partial charge < -0.3 is 9.64 Å². The molecule has 0 aliphatic carbocycles. The molecule has 0 unspecified atom stereocenters. The van der Waals surface area contributed by atoms with Crippen LogP contribution >= 0.6 is 0 Å². The second-order valence-electron chi connectivity index (χ2n) is 7.64. The lowest BCUT2D eigenvalue weighted by atomic mass is 9.92. The molecule has 0 spiro atoms. The Hall–Kier alpha value is -1.02. The summed E-state index contributed by atoms with van der Waals surface area (Å²) >= 11 is 0. The Kier molecular flexibility index (Phi) is 6.31. The van der Waals surface area contributed by atoms with Crippen molar-refractivity contribution in [3.63, 3.8) is 0 Å². The van der Waals surface area contributed by atoms with E-state index in [0.717, 1.165) is 24.2 Å². The van der Waals surface area contributed by atoms with Gasteiger partial charge in [0.1, 0.15) is 5.75 Å². The summed E-state index contributed by atoms with van der Waals surface area (Å²) < 4.78 is 6.04. The highest BCUT2D eigenvalue weighted by Gasteiger charge is 2.24. The molecule has 0 radical (unpaired) electrons. The quantitative estimate of drug-likeness (QED) is 0.796. The molecular formula is C20H34NO+. The minimum Gasteiger partial charge on any atom is -0.493 e. The van der Waals surface area contributed by atoms with Crippen molar-refractivity contribution in [2.75, 3.05) is 26.2 Å². The summed E-state index contributed by atoms with van der Waals surface area (Å²) in [6.07, 6.45) is 3.86. The first-order valence-electron chi connectivity index (χ1n) is 9.00. The largest absolute Gasteiger partial charge is 0.493 e. The molecule has 2 atom stereocenters. The smallest absolute Gasteiger partial charge is 0.125 e. The first kappa shape index (κ1) is 17.3. The zero-order chi connectivity index (χ0) is 16.1. The molecule has 1 aromatic carbocycles. The lowest BCUT2D eigenvalue weighted by Crippen LogP contribution is -3.14. The predicted octanol–water partition coefficient (Wildman–Crippen LogP) is 3.33. The molecule has 2 nitrogen and oxygen atoms in total. The Bertz CT molecular complexity index is 450. The van der Waals surface area contributed by atoms with Crippen LogP contribution in [0, 0.1) is 32.6 Å². The fourth-order valence-corrected chi connectivity index (χ4v) is 4.17. The predicted molar refractivity (Wildman–Crippen MR) is 93.9 cm³/mol. The van der Waals surface area contributed by atoms with Crippen molar-refractivity contribution < 1.29 is 9.64 Å². The third-order valence-corrected chi connectivity index (χ3v) is 4.85. The minimum absolute atomic E-state index is 0.850. The molecule has 2 rings (SSSR count). The van der Waals surface area contributed by atoms with E-state index in [0.29, 0.717) is 0 Å². The number of aryl methyl sites for hydroxylation is 3. The molecule has 2 heteroatoms. The maximum absolute atomic E-state index is 6.04. The molecule has 1 aliphatic heterocycles. The summed E-state index contributed by atoms with van der Waals surface area (Å²) in [5, 5.41) is 0. The van der Waals surface area contributed by atoms with Crippen molar-refractivity contribution >= 4 is 0 Å². The van der Waals surface area contributed by atoms with E-state index >= 15 is 0 Å². The molecule has 0 aromatic heterocycles. The fraction of sp³-hybridized carbons (Fsp3) is 0.700. The number of quaternary nitrogens is 1. The van der Waals surface area contributed by atoms with E-state index < -0.39 is 0 Å². The maximum Gasteiger partial charge on any atom is 0.125 e. The second-order valence-corrected chi connectivity index (χ2v) is 7.64. The van der Waals surface area contributed by atoms with Crippen LogP contribution in [0.5, 0.6) is 5.75 Å². The van der Waals surface area contributed by atoms with Gasteiger partial charge >= 0.3 is 0 Å². The van der Waals surface area contributed by atoms with Crippen LogP contribution in [0.15, 0.2) is 12.1 Å². The van der Waals surface area contributed by atoms with Crippen LogP contribution in [0.4, 0.5) is 0 Å². The van der Waals surface area contributed by atoms with Crippen molar-refractivity contribution in [2.24, 2.45) is 11.8 Å². The average molecular weight is 304 g/mol. The molecule has 0 saturated carbocycles. The normalized spacial score (nSPS) is 25.2. The van der Waals surface area contributed by atoms with Gasteiger partial charge in [0, 0.05) is 11.8 Å². The third kappa shape index (κ3) is 5.01. The standard InChI is InChI=1S/C20H33NO/c1-15-11-18(4)20(19(5)12-15)22-9-7-6-8-21-13-16(2)10-17(3)14-21/h11-12,16-17H,6-10,13-14H2,1-5H3/p+1/t16-,17-/m0/s1. The molecule has 1 saturated heterocycles. The summed E-state index contributed by atoms with van der Waals surface area (Å²) in [7, 11) is 0. The molecule has 1 aliphatic rings. The highest BCUT2D eigenvalue weighted by atomic mass is 16.5. The molecule has 1 aromatic rings. The van der Waals surface area contributed by atoms with Crippen LogP contribution in [-0.2, 0) is 0 Å². The first-order valence-corrected chi connectivity index (χ1v) is 9.00. The van der Waals surface area contributed by atoms with Gasteiger partial charge in [0.2, 0.25) is 0 Å². The number of nitrogens with one attached hydrogen (secondary N) is 1. The Labute approximate surface area is 136 Å². The van der Waals surface area contributed by atoms with Crippen molar-refractivity contribution in [3.8, 4) is 5.75 Å². The Balaban J connectivity index is 1.69. The number of hydrogen-bond acceptors (Lipinski definition) is 1. The van der Waals surface area contributed by atoms with Crippen LogP contribution in [0.1, 0.15) is 49.8 Å². The topological polar surface area (TPSA) is 13.7 Å². The van der Waals surface area contributed by atoms with Gasteiger partial charge in [-0.2, -0.15) is 0 Å². The Morgan fingerprint density at radius 3 is 2.18 bits per heavy atom. The summed E-state index contributed by atoms with van der Waals surface area (Å²) in [5.41, 5.74) is 3.85. The minimum atomic E-state index is 0.850. The van der Waals surface area contributed by atoms with Gasteiger partial charge in [-0.25, -0.2) is 0 Å². The zero-order valence-corrected chi connectivity index (χ0v) is 15.2. The van der Waals surface area contributed by atoms with E-state index in [1.807, 2.05) is 0 Å². The van der Waals surface area contributed by atoms with Crippen LogP contribution in [0.25, 0.3) is 0 Å². The van der Waals surface area contributed by atoms with Crippen LogP contribution < -0.4 is 9.64 Å². The SMILES string of the molecule is Cc1cc(C)c(OCCCC[NH+]2C[C@@H](C)C[C@H](C)C2)c(C)c1. The van der Waals surface area contributed by atoms with E-state index in [1.165, 1.54) is 55.6 Å². The fourth-order valence-electron chi connectivity index (χ4n) is 4.17. The van der Waals surface area contributed by atoms with Gasteiger partial charge in [0.05, 0.1) is 26.2 Å². The Morgan fingerprint density at radius 2 is 1.59 bits per heavy atom. The first-order chi connectivity index (χ1) is 10.5. The van der Waals surface area contributed by atoms with Crippen LogP contribution in [0.2, 0.25) is 0 Å². The number of unbranched alkanes of at least 4 members (excludes halogenated alkanes) is 1. The third-order valence-electron chi connectivity index (χ3n) is 4.85. The lowest BCUT2D eigenvalue weighted by Gasteiger charge is -2.32. The van der Waals surface area contributed by atoms with Crippen molar-refractivity contribution in [1.29, 1.82) is 0 Å². The number of hydrogen-bond donors (Lipinski definition) is 1.